The fourth-order valence-corrected chi connectivity index (χ4v) is 2.14. The maximum absolute atomic E-state index is 11.9. The lowest BCUT2D eigenvalue weighted by Crippen LogP contribution is -2.28. The van der Waals surface area contributed by atoms with Gasteiger partial charge >= 0.3 is 0 Å². The summed E-state index contributed by atoms with van der Waals surface area (Å²) in [4.78, 5) is 11.9. The van der Waals surface area contributed by atoms with E-state index in [1.807, 2.05) is 63.2 Å². The molecule has 0 bridgehead atoms. The molecule has 2 aromatic rings. The Hall–Kier alpha value is -2.49. The maximum atomic E-state index is 11.9. The molecule has 0 aliphatic carbocycles. The molecule has 0 unspecified atom stereocenters. The zero-order valence-corrected chi connectivity index (χ0v) is 13.9. The molecule has 0 aromatic heterocycles. The Labute approximate surface area is 137 Å². The molecule has 23 heavy (non-hydrogen) atoms. The van der Waals surface area contributed by atoms with Crippen LogP contribution in [0.2, 0.25) is 0 Å². The van der Waals surface area contributed by atoms with Crippen LogP contribution in [0.5, 0.6) is 11.5 Å². The second-order valence-electron chi connectivity index (χ2n) is 5.35. The highest BCUT2D eigenvalue weighted by Crippen LogP contribution is 2.18. The van der Waals surface area contributed by atoms with Gasteiger partial charge in [0.25, 0.3) is 5.91 Å². The van der Waals surface area contributed by atoms with Crippen LogP contribution in [0.15, 0.2) is 42.5 Å². The van der Waals surface area contributed by atoms with Crippen molar-refractivity contribution in [2.24, 2.45) is 0 Å². The van der Waals surface area contributed by atoms with E-state index in [4.69, 9.17) is 9.47 Å². The first kappa shape index (κ1) is 16.9. The van der Waals surface area contributed by atoms with Crippen molar-refractivity contribution in [1.82, 2.24) is 5.32 Å². The van der Waals surface area contributed by atoms with Crippen LogP contribution in [0.4, 0.5) is 0 Å². The first-order chi connectivity index (χ1) is 11.1. The van der Waals surface area contributed by atoms with Gasteiger partial charge in [-0.3, -0.25) is 4.79 Å². The molecule has 0 fully saturated rings. The third-order valence-corrected chi connectivity index (χ3v) is 3.60. The van der Waals surface area contributed by atoms with Crippen LogP contribution >= 0.6 is 0 Å². The first-order valence-corrected chi connectivity index (χ1v) is 7.77. The van der Waals surface area contributed by atoms with Crippen LogP contribution in [-0.2, 0) is 11.3 Å². The number of amides is 1. The van der Waals surface area contributed by atoms with E-state index in [0.717, 1.165) is 16.9 Å². The minimum Gasteiger partial charge on any atom is -0.494 e. The van der Waals surface area contributed by atoms with Crippen LogP contribution in [-0.4, -0.2) is 19.1 Å². The van der Waals surface area contributed by atoms with E-state index in [-0.39, 0.29) is 12.5 Å². The predicted octanol–water partition coefficient (Wildman–Crippen LogP) is 3.40. The lowest BCUT2D eigenvalue weighted by molar-refractivity contribution is -0.123. The van der Waals surface area contributed by atoms with Gasteiger partial charge in [-0.15, -0.1) is 0 Å². The molecule has 4 heteroatoms. The number of aryl methyl sites for hydroxylation is 2. The van der Waals surface area contributed by atoms with Crippen LogP contribution in [0.1, 0.15) is 23.6 Å². The van der Waals surface area contributed by atoms with Crippen molar-refractivity contribution < 1.29 is 14.3 Å². The normalized spacial score (nSPS) is 10.2. The number of nitrogens with one attached hydrogen (secondary N) is 1. The average molecular weight is 313 g/mol. The monoisotopic (exact) mass is 313 g/mol. The number of carbonyl (C=O) groups is 1. The fraction of sp³-hybridized carbons (Fsp3) is 0.316. The Balaban J connectivity index is 1.84. The molecule has 122 valence electrons. The maximum Gasteiger partial charge on any atom is 0.258 e. The Bertz CT molecular complexity index is 667. The minimum atomic E-state index is -0.158. The van der Waals surface area contributed by atoms with Crippen molar-refractivity contribution in [2.45, 2.75) is 27.3 Å². The average Bonchev–Trinajstić information content (AvgIpc) is 2.55. The van der Waals surface area contributed by atoms with Crippen molar-refractivity contribution in [3.63, 3.8) is 0 Å². The number of benzene rings is 2. The summed E-state index contributed by atoms with van der Waals surface area (Å²) in [5, 5.41) is 2.85. The second-order valence-corrected chi connectivity index (χ2v) is 5.35. The van der Waals surface area contributed by atoms with Crippen molar-refractivity contribution in [3.8, 4) is 11.5 Å². The summed E-state index contributed by atoms with van der Waals surface area (Å²) in [6.45, 7) is 7.02. The highest BCUT2D eigenvalue weighted by atomic mass is 16.5. The van der Waals surface area contributed by atoms with Gasteiger partial charge in [0.1, 0.15) is 11.5 Å². The first-order valence-electron chi connectivity index (χ1n) is 7.77. The molecule has 2 aromatic carbocycles. The van der Waals surface area contributed by atoms with Crippen molar-refractivity contribution in [1.29, 1.82) is 0 Å². The summed E-state index contributed by atoms with van der Waals surface area (Å²) in [6.07, 6.45) is 0. The smallest absolute Gasteiger partial charge is 0.258 e. The molecule has 1 amide bonds. The summed E-state index contributed by atoms with van der Waals surface area (Å²) in [5.74, 6) is 1.35. The Morgan fingerprint density at radius 1 is 1.04 bits per heavy atom. The number of ether oxygens (including phenoxy) is 2. The molecule has 2 rings (SSSR count). The summed E-state index contributed by atoms with van der Waals surface area (Å²) in [5.41, 5.74) is 3.30. The van der Waals surface area contributed by atoms with Gasteiger partial charge in [0.15, 0.2) is 6.61 Å². The SMILES string of the molecule is CCOc1ccccc1CNC(=O)COc1ccc(C)c(C)c1. The predicted molar refractivity (Wildman–Crippen MR) is 90.9 cm³/mol. The lowest BCUT2D eigenvalue weighted by atomic mass is 10.1. The summed E-state index contributed by atoms with van der Waals surface area (Å²) < 4.78 is 11.1. The molecule has 0 saturated carbocycles. The van der Waals surface area contributed by atoms with Gasteiger partial charge in [-0.25, -0.2) is 0 Å². The van der Waals surface area contributed by atoms with E-state index in [2.05, 4.69) is 5.32 Å². The van der Waals surface area contributed by atoms with Gasteiger partial charge in [-0.1, -0.05) is 24.3 Å². The number of rotatable bonds is 7. The molecular weight excluding hydrogens is 290 g/mol. The molecule has 4 nitrogen and oxygen atoms in total. The van der Waals surface area contributed by atoms with Gasteiger partial charge < -0.3 is 14.8 Å². The Morgan fingerprint density at radius 2 is 1.83 bits per heavy atom. The van der Waals surface area contributed by atoms with E-state index in [0.29, 0.717) is 18.9 Å². The van der Waals surface area contributed by atoms with Crippen LogP contribution in [0.3, 0.4) is 0 Å². The zero-order chi connectivity index (χ0) is 16.7. The van der Waals surface area contributed by atoms with Gasteiger partial charge in [-0.2, -0.15) is 0 Å². The van der Waals surface area contributed by atoms with E-state index < -0.39 is 0 Å². The highest BCUT2D eigenvalue weighted by Gasteiger charge is 2.06. The van der Waals surface area contributed by atoms with Crippen molar-refractivity contribution in [3.05, 3.63) is 59.2 Å². The van der Waals surface area contributed by atoms with E-state index in [1.165, 1.54) is 5.56 Å². The van der Waals surface area contributed by atoms with Crippen LogP contribution in [0.25, 0.3) is 0 Å². The third-order valence-electron chi connectivity index (χ3n) is 3.60. The number of hydrogen-bond acceptors (Lipinski definition) is 3. The lowest BCUT2D eigenvalue weighted by Gasteiger charge is -2.12. The Kier molecular flexibility index (Phi) is 6.03. The Morgan fingerprint density at radius 3 is 2.57 bits per heavy atom. The summed E-state index contributed by atoms with van der Waals surface area (Å²) in [6, 6.07) is 13.5. The summed E-state index contributed by atoms with van der Waals surface area (Å²) >= 11 is 0. The third kappa shape index (κ3) is 5.02. The number of carbonyl (C=O) groups excluding carboxylic acids is 1. The second kappa shape index (κ2) is 8.22. The zero-order valence-electron chi connectivity index (χ0n) is 13.9. The standard InChI is InChI=1S/C19H23NO3/c1-4-22-18-8-6-5-7-16(18)12-20-19(21)13-23-17-10-9-14(2)15(3)11-17/h5-11H,4,12-13H2,1-3H3,(H,20,21). The van der Waals surface area contributed by atoms with Gasteiger partial charge in [0.2, 0.25) is 0 Å². The number of para-hydroxylation sites is 1. The van der Waals surface area contributed by atoms with Crippen molar-refractivity contribution >= 4 is 5.91 Å². The fourth-order valence-electron chi connectivity index (χ4n) is 2.14. The van der Waals surface area contributed by atoms with Crippen LogP contribution in [0, 0.1) is 13.8 Å². The number of hydrogen-bond donors (Lipinski definition) is 1. The molecule has 0 atom stereocenters. The largest absolute Gasteiger partial charge is 0.494 e. The highest BCUT2D eigenvalue weighted by molar-refractivity contribution is 5.77. The van der Waals surface area contributed by atoms with Gasteiger partial charge in [0, 0.05) is 12.1 Å². The molecule has 0 heterocycles. The minimum absolute atomic E-state index is 0.000692. The molecule has 0 saturated heterocycles. The molecule has 0 spiro atoms. The molecule has 0 radical (unpaired) electrons. The molecular formula is C19H23NO3. The molecule has 1 N–H and O–H groups in total. The van der Waals surface area contributed by atoms with E-state index in [9.17, 15) is 4.79 Å². The van der Waals surface area contributed by atoms with E-state index in [1.54, 1.807) is 0 Å². The molecule has 0 aliphatic rings. The van der Waals surface area contributed by atoms with Crippen molar-refractivity contribution in [2.75, 3.05) is 13.2 Å². The molecule has 0 aliphatic heterocycles. The topological polar surface area (TPSA) is 47.6 Å². The quantitative estimate of drug-likeness (QED) is 0.852. The summed E-state index contributed by atoms with van der Waals surface area (Å²) in [7, 11) is 0. The van der Waals surface area contributed by atoms with E-state index >= 15 is 0 Å². The van der Waals surface area contributed by atoms with Crippen LogP contribution < -0.4 is 14.8 Å². The van der Waals surface area contributed by atoms with Gasteiger partial charge in [0.05, 0.1) is 6.61 Å². The van der Waals surface area contributed by atoms with Gasteiger partial charge in [-0.05, 0) is 50.1 Å².